The van der Waals surface area contributed by atoms with Crippen LogP contribution in [0.5, 0.6) is 11.8 Å². The summed E-state index contributed by atoms with van der Waals surface area (Å²) in [5.74, 6) is -1.01. The van der Waals surface area contributed by atoms with Gasteiger partial charge in [-0.25, -0.2) is 14.6 Å². The molecule has 63 heavy (non-hydrogen) atoms. The van der Waals surface area contributed by atoms with Crippen LogP contribution in [0.4, 0.5) is 5.82 Å². The zero-order valence-electron chi connectivity index (χ0n) is 32.4. The fraction of sp³-hybridized carbons (Fsp3) is 0.500. The van der Waals surface area contributed by atoms with E-state index in [0.717, 1.165) is 26.2 Å². The molecule has 0 spiro atoms. The van der Waals surface area contributed by atoms with Crippen LogP contribution in [0.15, 0.2) is 24.3 Å². The SMILES string of the molecule is CC(=O)N1CCNCC1.CCOc1nc(Cl)ccc1C(=O)O.CCOc1nc(N2CCN(C(C)=O)CC2)ccc1C(=O)O.II(I)I(I)I(I)I.II(I)I(I)I(I)I(I)I(I)I. The summed E-state index contributed by atoms with van der Waals surface area (Å²) >= 11 is 39.3. The number of hydrogen-bond acceptors (Lipinski definition) is 10. The Hall–Kier alpha value is 10.4. The summed E-state index contributed by atoms with van der Waals surface area (Å²) in [4.78, 5) is 57.5. The summed E-state index contributed by atoms with van der Waals surface area (Å²) in [5.41, 5.74) is 0.0780. The van der Waals surface area contributed by atoms with E-state index in [2.05, 4.69) is 239 Å². The number of piperazine rings is 2. The van der Waals surface area contributed by atoms with E-state index in [9.17, 15) is 19.2 Å². The van der Waals surface area contributed by atoms with Crippen molar-refractivity contribution in [2.75, 3.05) is 70.5 Å². The number of carbonyl (C=O) groups excluding carboxylic acids is 2. The van der Waals surface area contributed by atoms with Crippen molar-refractivity contribution in [3.05, 3.63) is 40.5 Å². The van der Waals surface area contributed by atoms with Crippen molar-refractivity contribution in [1.82, 2.24) is 25.1 Å². The van der Waals surface area contributed by atoms with Gasteiger partial charge in [0.25, 0.3) is 0 Å². The fourth-order valence-electron chi connectivity index (χ4n) is 4.20. The van der Waals surface area contributed by atoms with Gasteiger partial charge in [-0.1, -0.05) is 11.6 Å². The first-order valence-electron chi connectivity index (χ1n) is 16.4. The summed E-state index contributed by atoms with van der Waals surface area (Å²) < 4.78 is 10.3. The zero-order valence-corrected chi connectivity index (χ0v) is 76.3. The van der Waals surface area contributed by atoms with Gasteiger partial charge in [-0.05, 0) is 38.1 Å². The molecule has 4 rings (SSSR count). The number of nitrogens with zero attached hydrogens (tertiary/aromatic N) is 5. The first kappa shape index (κ1) is 73.4. The molecule has 4 heterocycles. The molecule has 2 aromatic rings. The number of carbonyl (C=O) groups is 4. The molecule has 2 aromatic heterocycles. The number of pyridine rings is 2. The third-order valence-corrected chi connectivity index (χ3v) is 998. The number of hydrogen-bond donors (Lipinski definition) is 3. The number of nitrogens with one attached hydrogen (secondary N) is 1. The van der Waals surface area contributed by atoms with Crippen LogP contribution in [0.25, 0.3) is 0 Å². The van der Waals surface area contributed by atoms with Crippen molar-refractivity contribution in [2.45, 2.75) is 27.7 Å². The third kappa shape index (κ3) is 32.9. The van der Waals surface area contributed by atoms with Crippen molar-refractivity contribution >= 4 is 328 Å². The molecular weight excluding hydrogens is 3120 g/mol. The van der Waals surface area contributed by atoms with Crippen molar-refractivity contribution in [3.8, 4) is 11.8 Å². The Labute approximate surface area is 525 Å². The molecule has 3 N–H and O–H groups in total. The maximum absolute atomic E-state index is 11.3. The summed E-state index contributed by atoms with van der Waals surface area (Å²) in [6, 6.07) is 5.96. The number of aromatic nitrogens is 2. The van der Waals surface area contributed by atoms with E-state index in [-0.39, 0.29) is 103 Å². The molecule has 0 radical (unpaired) electrons. The van der Waals surface area contributed by atoms with Crippen molar-refractivity contribution < 1.29 is 38.9 Å². The second-order valence-electron chi connectivity index (χ2n) is 10.5. The van der Waals surface area contributed by atoms with E-state index in [0.29, 0.717) is 45.2 Å². The Bertz CT molecular complexity index is 1670. The van der Waals surface area contributed by atoms with Crippen LogP contribution in [0.2, 0.25) is 5.15 Å². The van der Waals surface area contributed by atoms with Crippen LogP contribution in [-0.4, -0.2) is 119 Å². The summed E-state index contributed by atoms with van der Waals surface area (Å²) in [7, 11) is -2.66. The summed E-state index contributed by atoms with van der Waals surface area (Å²) in [6.07, 6.45) is 0. The minimum absolute atomic E-state index is 0.0197. The number of aromatic carboxylic acids is 2. The van der Waals surface area contributed by atoms with E-state index in [1.54, 1.807) is 38.7 Å². The predicted octanol–water partition coefficient (Wildman–Crippen LogP) is 19.8. The number of anilines is 1. The summed E-state index contributed by atoms with van der Waals surface area (Å²) in [5, 5.41) is 21.2. The standard InChI is InChI=1S/C14H19N3O4.C8H8ClNO3.C6H12N2O.I12.I8/c1-3-21-13-11(14(19)20)4-5-12(15-13)17-8-6-16(7-9-17)10(2)18;1-2-13-7-5(8(11)12)3-4-6(9)10-7;1-6(9)8-4-2-7-3-5-8;1-8(2)10(5)12(7)11(6)9(3)4;1-6(2)8(5)7(3)4/h4-5H,3,6-9H2,1-2H3,(H,19,20);3-4H,2H2,1H3,(H,11,12);7H,2-5H2,1H3;;. The van der Waals surface area contributed by atoms with Gasteiger partial charge in [0.1, 0.15) is 22.1 Å². The maximum atomic E-state index is 11.3. The number of halogens is 21. The van der Waals surface area contributed by atoms with Crippen LogP contribution in [-0.2, 0) is 9.59 Å². The Kier molecular flexibility index (Phi) is 50.4. The topological polar surface area (TPSA) is 175 Å². The molecule has 0 aromatic carbocycles. The molecule has 0 bridgehead atoms. The van der Waals surface area contributed by atoms with Gasteiger partial charge in [-0.15, -0.1) is 0 Å². The quantitative estimate of drug-likeness (QED) is 0.128. The molecule has 0 aliphatic carbocycles. The molecule has 376 valence electrons. The molecule has 0 unspecified atom stereocenters. The second kappa shape index (κ2) is 43.3. The fourth-order valence-corrected chi connectivity index (χ4v) is 1680. The Morgan fingerprint density at radius 2 is 0.984 bits per heavy atom. The molecule has 0 saturated carbocycles. The van der Waals surface area contributed by atoms with E-state index < -0.39 is 11.9 Å². The van der Waals surface area contributed by atoms with Gasteiger partial charge >= 0.3 is 298 Å². The normalized spacial score (nSPS) is 15.0. The van der Waals surface area contributed by atoms with Crippen LogP contribution < -0.4 is 19.7 Å². The van der Waals surface area contributed by atoms with Gasteiger partial charge in [0.15, 0.2) is 0 Å². The number of ether oxygens (including phenoxy) is 2. The molecule has 14 nitrogen and oxygen atoms in total. The Morgan fingerprint density at radius 1 is 0.603 bits per heavy atom. The Morgan fingerprint density at radius 3 is 1.32 bits per heavy atom. The zero-order chi connectivity index (χ0) is 48.6. The van der Waals surface area contributed by atoms with Gasteiger partial charge < -0.3 is 39.7 Å². The predicted molar refractivity (Wildman–Crippen MR) is 440 cm³/mol. The molecule has 2 saturated heterocycles. The first-order chi connectivity index (χ1) is 29.4. The Balaban J connectivity index is 0.000000802. The molecular formula is C28H39ClI20N6O8. The second-order valence-corrected chi connectivity index (χ2v) is 401. The number of carboxylic acid groups (broad SMARTS) is 2. The van der Waals surface area contributed by atoms with Gasteiger partial charge in [-0.3, -0.25) is 9.59 Å². The number of amides is 2. The third-order valence-electron chi connectivity index (χ3n) is 6.80. The van der Waals surface area contributed by atoms with E-state index in [4.69, 9.17) is 31.3 Å². The van der Waals surface area contributed by atoms with Crippen molar-refractivity contribution in [3.63, 3.8) is 0 Å². The molecule has 2 aliphatic rings. The first-order valence-corrected chi connectivity index (χ1v) is 130. The van der Waals surface area contributed by atoms with Crippen LogP contribution >= 0.6 is 298 Å². The molecule has 0 atom stereocenters. The van der Waals surface area contributed by atoms with Crippen molar-refractivity contribution in [2.24, 2.45) is 0 Å². The van der Waals surface area contributed by atoms with Gasteiger partial charge in [0.05, 0.1) is 13.2 Å². The van der Waals surface area contributed by atoms with Crippen molar-refractivity contribution in [1.29, 1.82) is 0 Å². The average molecular weight is 3160 g/mol. The van der Waals surface area contributed by atoms with Crippen LogP contribution in [0, 0.1) is 0 Å². The number of carboxylic acids is 2. The minimum atomic E-state index is -1.08. The number of rotatable bonds is 13. The van der Waals surface area contributed by atoms with Gasteiger partial charge in [0.2, 0.25) is 23.6 Å². The van der Waals surface area contributed by atoms with Crippen LogP contribution in [0.1, 0.15) is 48.4 Å². The monoisotopic (exact) mass is 3160 g/mol. The van der Waals surface area contributed by atoms with Gasteiger partial charge in [0, 0.05) is 66.2 Å². The molecule has 2 aliphatic heterocycles. The molecule has 35 heteroatoms. The van der Waals surface area contributed by atoms with Crippen LogP contribution in [0.3, 0.4) is 0 Å². The molecule has 2 amide bonds. The van der Waals surface area contributed by atoms with E-state index >= 15 is 0 Å². The summed E-state index contributed by atoms with van der Waals surface area (Å²) in [6.45, 7) is 13.7. The van der Waals surface area contributed by atoms with E-state index in [1.807, 2.05) is 9.80 Å². The van der Waals surface area contributed by atoms with E-state index in [1.165, 1.54) is 18.2 Å². The van der Waals surface area contributed by atoms with Gasteiger partial charge in [-0.2, -0.15) is 4.98 Å². The average Bonchev–Trinajstić information content (AvgIpc) is 3.23. The molecule has 2 fully saturated rings.